The van der Waals surface area contributed by atoms with E-state index in [1.54, 1.807) is 12.1 Å². The van der Waals surface area contributed by atoms with Crippen LogP contribution in [-0.2, 0) is 16.0 Å². The van der Waals surface area contributed by atoms with Crippen molar-refractivity contribution in [2.24, 2.45) is 0 Å². The summed E-state index contributed by atoms with van der Waals surface area (Å²) in [7, 11) is 1.49. The van der Waals surface area contributed by atoms with Crippen molar-refractivity contribution in [2.75, 3.05) is 7.11 Å². The van der Waals surface area contributed by atoms with Gasteiger partial charge in [-0.1, -0.05) is 6.07 Å². The van der Waals surface area contributed by atoms with Gasteiger partial charge in [0.15, 0.2) is 0 Å². The van der Waals surface area contributed by atoms with Gasteiger partial charge in [-0.2, -0.15) is 0 Å². The molecule has 0 unspecified atom stereocenters. The second kappa shape index (κ2) is 6.79. The molecule has 3 rings (SSSR count). The normalized spacial score (nSPS) is 23.0. The minimum absolute atomic E-state index is 0.00762. The Labute approximate surface area is 141 Å². The van der Waals surface area contributed by atoms with E-state index < -0.39 is 5.54 Å². The SMILES string of the molecule is COc1ccc(C[C@@]2(CCC(=O)NC3CC3)CCC(=O)N2)c(F)c1. The van der Waals surface area contributed by atoms with Gasteiger partial charge in [-0.25, -0.2) is 4.39 Å². The summed E-state index contributed by atoms with van der Waals surface area (Å²) < 4.78 is 19.3. The van der Waals surface area contributed by atoms with Crippen LogP contribution in [0, 0.1) is 5.82 Å². The molecular weight excluding hydrogens is 311 g/mol. The first-order valence-electron chi connectivity index (χ1n) is 8.42. The average molecular weight is 334 g/mol. The summed E-state index contributed by atoms with van der Waals surface area (Å²) in [5, 5.41) is 5.93. The van der Waals surface area contributed by atoms with Gasteiger partial charge >= 0.3 is 0 Å². The van der Waals surface area contributed by atoms with Crippen LogP contribution in [0.4, 0.5) is 4.39 Å². The number of rotatable bonds is 7. The molecule has 0 aromatic heterocycles. The summed E-state index contributed by atoms with van der Waals surface area (Å²) in [5.74, 6) is 0.0848. The number of amides is 2. The van der Waals surface area contributed by atoms with E-state index in [1.807, 2.05) is 0 Å². The molecule has 6 heteroatoms. The van der Waals surface area contributed by atoms with Crippen molar-refractivity contribution in [1.82, 2.24) is 10.6 Å². The number of carbonyl (C=O) groups excluding carboxylic acids is 2. The lowest BCUT2D eigenvalue weighted by Crippen LogP contribution is -2.44. The molecule has 1 saturated carbocycles. The Hall–Kier alpha value is -2.11. The lowest BCUT2D eigenvalue weighted by molar-refractivity contribution is -0.122. The van der Waals surface area contributed by atoms with Gasteiger partial charge in [-0.05, 0) is 43.7 Å². The van der Waals surface area contributed by atoms with Crippen LogP contribution >= 0.6 is 0 Å². The third kappa shape index (κ3) is 4.04. The fourth-order valence-electron chi connectivity index (χ4n) is 3.23. The molecule has 1 saturated heterocycles. The highest BCUT2D eigenvalue weighted by Gasteiger charge is 2.38. The fraction of sp³-hybridized carbons (Fsp3) is 0.556. The van der Waals surface area contributed by atoms with Crippen molar-refractivity contribution in [3.8, 4) is 5.75 Å². The van der Waals surface area contributed by atoms with Gasteiger partial charge in [0.05, 0.1) is 7.11 Å². The van der Waals surface area contributed by atoms with Crippen LogP contribution < -0.4 is 15.4 Å². The van der Waals surface area contributed by atoms with E-state index in [-0.39, 0.29) is 17.6 Å². The Bertz CT molecular complexity index is 645. The predicted octanol–water partition coefficient (Wildman–Crippen LogP) is 2.08. The van der Waals surface area contributed by atoms with E-state index in [0.717, 1.165) is 12.8 Å². The number of benzene rings is 1. The third-order valence-electron chi connectivity index (χ3n) is 4.80. The van der Waals surface area contributed by atoms with Crippen LogP contribution in [-0.4, -0.2) is 30.5 Å². The van der Waals surface area contributed by atoms with E-state index >= 15 is 0 Å². The maximum absolute atomic E-state index is 14.3. The molecule has 1 aliphatic carbocycles. The van der Waals surface area contributed by atoms with Crippen molar-refractivity contribution in [2.45, 2.75) is 56.5 Å². The molecule has 1 heterocycles. The Morgan fingerprint density at radius 3 is 2.83 bits per heavy atom. The van der Waals surface area contributed by atoms with Crippen LogP contribution in [0.25, 0.3) is 0 Å². The highest BCUT2D eigenvalue weighted by molar-refractivity contribution is 5.80. The molecule has 2 fully saturated rings. The average Bonchev–Trinajstić information content (AvgIpc) is 3.29. The van der Waals surface area contributed by atoms with Gasteiger partial charge < -0.3 is 15.4 Å². The molecule has 130 valence electrons. The van der Waals surface area contributed by atoms with Crippen molar-refractivity contribution < 1.29 is 18.7 Å². The Kier molecular flexibility index (Phi) is 4.73. The molecule has 1 atom stereocenters. The Balaban J connectivity index is 1.68. The zero-order valence-electron chi connectivity index (χ0n) is 13.9. The van der Waals surface area contributed by atoms with Gasteiger partial charge in [0.2, 0.25) is 11.8 Å². The molecule has 24 heavy (non-hydrogen) atoms. The van der Waals surface area contributed by atoms with Gasteiger partial charge in [0.25, 0.3) is 0 Å². The summed E-state index contributed by atoms with van der Waals surface area (Å²) in [4.78, 5) is 23.7. The molecule has 0 bridgehead atoms. The number of nitrogens with one attached hydrogen (secondary N) is 2. The van der Waals surface area contributed by atoms with Gasteiger partial charge in [0, 0.05) is 30.5 Å². The van der Waals surface area contributed by atoms with E-state index in [1.165, 1.54) is 13.2 Å². The number of carbonyl (C=O) groups is 2. The molecule has 1 aliphatic heterocycles. The highest BCUT2D eigenvalue weighted by atomic mass is 19.1. The highest BCUT2D eigenvalue weighted by Crippen LogP contribution is 2.31. The summed E-state index contributed by atoms with van der Waals surface area (Å²) in [6, 6.07) is 5.07. The molecule has 2 N–H and O–H groups in total. The van der Waals surface area contributed by atoms with E-state index in [4.69, 9.17) is 4.74 Å². The second-order valence-corrected chi connectivity index (χ2v) is 6.80. The number of halogens is 1. The second-order valence-electron chi connectivity index (χ2n) is 6.80. The summed E-state index contributed by atoms with van der Waals surface area (Å²) >= 11 is 0. The lowest BCUT2D eigenvalue weighted by atomic mass is 9.84. The summed E-state index contributed by atoms with van der Waals surface area (Å²) in [6.07, 6.45) is 4.37. The predicted molar refractivity (Wildman–Crippen MR) is 87.2 cm³/mol. The fourth-order valence-corrected chi connectivity index (χ4v) is 3.23. The van der Waals surface area contributed by atoms with Gasteiger partial charge in [-0.15, -0.1) is 0 Å². The number of hydrogen-bond acceptors (Lipinski definition) is 3. The maximum atomic E-state index is 14.3. The largest absolute Gasteiger partial charge is 0.497 e. The van der Waals surface area contributed by atoms with Crippen LogP contribution in [0.15, 0.2) is 18.2 Å². The molecule has 0 spiro atoms. The molecule has 1 aromatic carbocycles. The zero-order valence-corrected chi connectivity index (χ0v) is 13.9. The van der Waals surface area contributed by atoms with Crippen LogP contribution in [0.5, 0.6) is 5.75 Å². The Morgan fingerprint density at radius 2 is 2.25 bits per heavy atom. The number of hydrogen-bond donors (Lipinski definition) is 2. The minimum atomic E-state index is -0.548. The maximum Gasteiger partial charge on any atom is 0.220 e. The van der Waals surface area contributed by atoms with Crippen LogP contribution in [0.3, 0.4) is 0 Å². The third-order valence-corrected chi connectivity index (χ3v) is 4.80. The Morgan fingerprint density at radius 1 is 1.46 bits per heavy atom. The van der Waals surface area contributed by atoms with E-state index in [2.05, 4.69) is 10.6 Å². The number of methoxy groups -OCH3 is 1. The first kappa shape index (κ1) is 16.7. The quantitative estimate of drug-likeness (QED) is 0.802. The molecule has 2 amide bonds. The molecular formula is C18H23FN2O3. The van der Waals surface area contributed by atoms with Crippen molar-refractivity contribution in [1.29, 1.82) is 0 Å². The first-order chi connectivity index (χ1) is 11.5. The minimum Gasteiger partial charge on any atom is -0.497 e. The van der Waals surface area contributed by atoms with Crippen molar-refractivity contribution in [3.63, 3.8) is 0 Å². The standard InChI is InChI=1S/C18H23FN2O3/c1-24-14-5-2-12(15(19)10-14)11-18(9-7-17(23)21-18)8-6-16(22)20-13-3-4-13/h2,5,10,13H,3-4,6-9,11H2,1H3,(H,20,22)(H,21,23)/t18-/m1/s1. The smallest absolute Gasteiger partial charge is 0.220 e. The molecule has 0 radical (unpaired) electrons. The summed E-state index contributed by atoms with van der Waals surface area (Å²) in [5.41, 5.74) is -0.0199. The molecule has 5 nitrogen and oxygen atoms in total. The lowest BCUT2D eigenvalue weighted by Gasteiger charge is -2.29. The van der Waals surface area contributed by atoms with E-state index in [9.17, 15) is 14.0 Å². The monoisotopic (exact) mass is 334 g/mol. The topological polar surface area (TPSA) is 67.4 Å². The number of ether oxygens (including phenoxy) is 1. The summed E-state index contributed by atoms with van der Waals surface area (Å²) in [6.45, 7) is 0. The van der Waals surface area contributed by atoms with Crippen LogP contribution in [0.1, 0.15) is 44.1 Å². The van der Waals surface area contributed by atoms with Crippen LogP contribution in [0.2, 0.25) is 0 Å². The molecule has 1 aromatic rings. The van der Waals surface area contributed by atoms with E-state index in [0.29, 0.717) is 49.5 Å². The van der Waals surface area contributed by atoms with Gasteiger partial charge in [0.1, 0.15) is 11.6 Å². The van der Waals surface area contributed by atoms with Crippen molar-refractivity contribution in [3.05, 3.63) is 29.6 Å². The van der Waals surface area contributed by atoms with Gasteiger partial charge in [-0.3, -0.25) is 9.59 Å². The van der Waals surface area contributed by atoms with Crippen molar-refractivity contribution >= 4 is 11.8 Å². The molecule has 2 aliphatic rings. The first-order valence-corrected chi connectivity index (χ1v) is 8.42. The zero-order chi connectivity index (χ0) is 17.2.